The molecule has 1 radical (unpaired) electrons. The minimum absolute atomic E-state index is 0.701. The van der Waals surface area contributed by atoms with Gasteiger partial charge in [0.05, 0.1) is 11.8 Å². The van der Waals surface area contributed by atoms with Crippen LogP contribution in [0.3, 0.4) is 0 Å². The van der Waals surface area contributed by atoms with Crippen LogP contribution in [0, 0.1) is 18.8 Å². The monoisotopic (exact) mass is 196 g/mol. The number of rotatable bonds is 2. The summed E-state index contributed by atoms with van der Waals surface area (Å²) in [5.74, 6) is 4.02. The van der Waals surface area contributed by atoms with Crippen molar-refractivity contribution in [2.75, 3.05) is 0 Å². The Hall–Kier alpha value is -2.01. The number of aromatic nitrogens is 1. The molecule has 0 aliphatic heterocycles. The van der Waals surface area contributed by atoms with E-state index in [1.54, 1.807) is 12.4 Å². The second kappa shape index (κ2) is 4.47. The molecule has 0 fully saturated rings. The van der Waals surface area contributed by atoms with Crippen molar-refractivity contribution in [3.63, 3.8) is 0 Å². The average Bonchev–Trinajstić information content (AvgIpc) is 2.31. The van der Waals surface area contributed by atoms with Gasteiger partial charge in [-0.05, 0) is 31.1 Å². The zero-order valence-electron chi connectivity index (χ0n) is 8.18. The van der Waals surface area contributed by atoms with Gasteiger partial charge in [0.15, 0.2) is 0 Å². The Morgan fingerprint density at radius 3 is 3.13 bits per heavy atom. The molecule has 0 aromatic carbocycles. The van der Waals surface area contributed by atoms with Crippen LogP contribution >= 0.6 is 0 Å². The summed E-state index contributed by atoms with van der Waals surface area (Å²) in [4.78, 5) is 3.97. The third-order valence-corrected chi connectivity index (χ3v) is 2.01. The summed E-state index contributed by atoms with van der Waals surface area (Å²) < 4.78 is 5.63. The highest BCUT2D eigenvalue weighted by Gasteiger charge is 2.08. The molecule has 0 bridgehead atoms. The number of pyridine rings is 1. The molecule has 0 saturated carbocycles. The number of hydrogen-bond donors (Lipinski definition) is 0. The molecule has 73 valence electrons. The summed E-state index contributed by atoms with van der Waals surface area (Å²) in [6.45, 7) is 0. The van der Waals surface area contributed by atoms with Crippen LogP contribution in [-0.4, -0.2) is 4.98 Å². The molecule has 0 unspecified atom stereocenters. The highest BCUT2D eigenvalue weighted by Crippen LogP contribution is 2.21. The third-order valence-electron chi connectivity index (χ3n) is 2.01. The molecule has 2 nitrogen and oxygen atoms in total. The predicted molar refractivity (Wildman–Crippen MR) is 58.8 cm³/mol. The molecule has 2 rings (SSSR count). The SMILES string of the molecule is C#CC1=C[CH]CC=C1Oc1cccnc1. The van der Waals surface area contributed by atoms with Gasteiger partial charge < -0.3 is 4.74 Å². The standard InChI is InChI=1S/C13H10NO/c1-2-11-6-3-4-8-13(11)15-12-7-5-9-14-10-12/h1,3,5-10H,4H2. The van der Waals surface area contributed by atoms with Crippen molar-refractivity contribution < 1.29 is 4.74 Å². The van der Waals surface area contributed by atoms with Gasteiger partial charge in [-0.25, -0.2) is 0 Å². The molecule has 0 spiro atoms. The second-order valence-corrected chi connectivity index (χ2v) is 3.06. The molecule has 1 heterocycles. The zero-order chi connectivity index (χ0) is 10.5. The first-order chi connectivity index (χ1) is 7.40. The van der Waals surface area contributed by atoms with Gasteiger partial charge in [0.25, 0.3) is 0 Å². The van der Waals surface area contributed by atoms with Gasteiger partial charge in [0.1, 0.15) is 11.5 Å². The van der Waals surface area contributed by atoms with Crippen LogP contribution < -0.4 is 4.74 Å². The molecule has 2 heteroatoms. The first kappa shape index (κ1) is 9.54. The van der Waals surface area contributed by atoms with E-state index in [4.69, 9.17) is 11.2 Å². The van der Waals surface area contributed by atoms with Crippen molar-refractivity contribution in [3.8, 4) is 18.1 Å². The number of hydrogen-bond acceptors (Lipinski definition) is 2. The number of terminal acetylenes is 1. The van der Waals surface area contributed by atoms with Crippen LogP contribution in [-0.2, 0) is 0 Å². The first-order valence-electron chi connectivity index (χ1n) is 4.68. The fraction of sp³-hybridized carbons (Fsp3) is 0.0769. The van der Waals surface area contributed by atoms with Crippen LogP contribution in [0.1, 0.15) is 6.42 Å². The first-order valence-corrected chi connectivity index (χ1v) is 4.68. The van der Waals surface area contributed by atoms with Crippen LogP contribution in [0.15, 0.2) is 48.0 Å². The Kier molecular flexibility index (Phi) is 2.85. The maximum absolute atomic E-state index is 5.63. The smallest absolute Gasteiger partial charge is 0.145 e. The van der Waals surface area contributed by atoms with Gasteiger partial charge in [-0.2, -0.15) is 0 Å². The topological polar surface area (TPSA) is 22.1 Å². The number of allylic oxidation sites excluding steroid dienone is 3. The minimum atomic E-state index is 0.701. The normalized spacial score (nSPS) is 14.9. The Bertz CT molecular complexity index is 437. The van der Waals surface area contributed by atoms with Crippen molar-refractivity contribution in [1.29, 1.82) is 0 Å². The van der Waals surface area contributed by atoms with Crippen LogP contribution in [0.25, 0.3) is 0 Å². The molecule has 1 aromatic heterocycles. The van der Waals surface area contributed by atoms with E-state index >= 15 is 0 Å². The molecular formula is C13H10NO. The van der Waals surface area contributed by atoms with E-state index in [2.05, 4.69) is 10.9 Å². The van der Waals surface area contributed by atoms with Crippen molar-refractivity contribution >= 4 is 0 Å². The van der Waals surface area contributed by atoms with Crippen LogP contribution in [0.4, 0.5) is 0 Å². The van der Waals surface area contributed by atoms with E-state index in [1.165, 1.54) is 0 Å². The van der Waals surface area contributed by atoms with Gasteiger partial charge in [0, 0.05) is 6.20 Å². The Labute approximate surface area is 89.3 Å². The van der Waals surface area contributed by atoms with E-state index < -0.39 is 0 Å². The van der Waals surface area contributed by atoms with E-state index in [1.807, 2.05) is 30.7 Å². The lowest BCUT2D eigenvalue weighted by atomic mass is 10.1. The average molecular weight is 196 g/mol. The highest BCUT2D eigenvalue weighted by molar-refractivity contribution is 5.46. The van der Waals surface area contributed by atoms with Gasteiger partial charge >= 0.3 is 0 Å². The van der Waals surface area contributed by atoms with Crippen LogP contribution in [0.5, 0.6) is 5.75 Å². The lowest BCUT2D eigenvalue weighted by Crippen LogP contribution is -2.01. The Morgan fingerprint density at radius 2 is 2.40 bits per heavy atom. The summed E-state index contributed by atoms with van der Waals surface area (Å²) >= 11 is 0. The summed E-state index contributed by atoms with van der Waals surface area (Å²) in [6, 6.07) is 3.67. The molecule has 0 amide bonds. The summed E-state index contributed by atoms with van der Waals surface area (Å²) in [5.41, 5.74) is 0.769. The fourth-order valence-corrected chi connectivity index (χ4v) is 1.30. The number of ether oxygens (including phenoxy) is 1. The predicted octanol–water partition coefficient (Wildman–Crippen LogP) is 2.51. The molecule has 0 saturated heterocycles. The number of nitrogens with zero attached hydrogens (tertiary/aromatic N) is 1. The highest BCUT2D eigenvalue weighted by atomic mass is 16.5. The van der Waals surface area contributed by atoms with Crippen molar-refractivity contribution in [3.05, 3.63) is 54.4 Å². The maximum atomic E-state index is 5.63. The largest absolute Gasteiger partial charge is 0.455 e. The van der Waals surface area contributed by atoms with E-state index in [9.17, 15) is 0 Å². The van der Waals surface area contributed by atoms with Crippen molar-refractivity contribution in [2.24, 2.45) is 0 Å². The van der Waals surface area contributed by atoms with E-state index in [0.717, 1.165) is 17.8 Å². The molecule has 0 N–H and O–H groups in total. The lowest BCUT2D eigenvalue weighted by Gasteiger charge is -2.12. The van der Waals surface area contributed by atoms with Gasteiger partial charge in [-0.3, -0.25) is 4.98 Å². The second-order valence-electron chi connectivity index (χ2n) is 3.06. The summed E-state index contributed by atoms with van der Waals surface area (Å²) in [5, 5.41) is 0. The van der Waals surface area contributed by atoms with Crippen molar-refractivity contribution in [2.45, 2.75) is 6.42 Å². The Morgan fingerprint density at radius 1 is 1.47 bits per heavy atom. The van der Waals surface area contributed by atoms with Gasteiger partial charge in [-0.1, -0.05) is 12.0 Å². The summed E-state index contributed by atoms with van der Waals surface area (Å²) in [6.07, 6.45) is 15.4. The molecule has 1 aliphatic carbocycles. The molecule has 1 aromatic rings. The molecule has 15 heavy (non-hydrogen) atoms. The fourth-order valence-electron chi connectivity index (χ4n) is 1.30. The maximum Gasteiger partial charge on any atom is 0.145 e. The van der Waals surface area contributed by atoms with Crippen LogP contribution in [0.2, 0.25) is 0 Å². The minimum Gasteiger partial charge on any atom is -0.455 e. The van der Waals surface area contributed by atoms with Crippen molar-refractivity contribution in [1.82, 2.24) is 4.98 Å². The molecule has 1 aliphatic rings. The molecule has 0 atom stereocenters. The molecular weight excluding hydrogens is 186 g/mol. The quantitative estimate of drug-likeness (QED) is 0.678. The summed E-state index contributed by atoms with van der Waals surface area (Å²) in [7, 11) is 0. The van der Waals surface area contributed by atoms with Gasteiger partial charge in [-0.15, -0.1) is 6.42 Å². The van der Waals surface area contributed by atoms with E-state index in [-0.39, 0.29) is 0 Å². The zero-order valence-corrected chi connectivity index (χ0v) is 8.18. The third kappa shape index (κ3) is 2.26. The van der Waals surface area contributed by atoms with E-state index in [0.29, 0.717) is 5.75 Å². The Balaban J connectivity index is 2.16. The lowest BCUT2D eigenvalue weighted by molar-refractivity contribution is 0.434. The van der Waals surface area contributed by atoms with Gasteiger partial charge in [0.2, 0.25) is 0 Å².